The fourth-order valence-corrected chi connectivity index (χ4v) is 10.6. The Balaban J connectivity index is 1.67. The Bertz CT molecular complexity index is 1680. The second kappa shape index (κ2) is 10.1. The van der Waals surface area contributed by atoms with Crippen LogP contribution in [0.2, 0.25) is 0 Å². The Kier molecular flexibility index (Phi) is 7.53. The third-order valence-corrected chi connectivity index (χ3v) is 13.4. The maximum atomic E-state index is 15.0. The molecule has 0 saturated carbocycles. The Hall–Kier alpha value is -2.72. The molecule has 0 radical (unpaired) electrons. The summed E-state index contributed by atoms with van der Waals surface area (Å²) < 4.78 is 147. The summed E-state index contributed by atoms with van der Waals surface area (Å²) >= 11 is 0. The van der Waals surface area contributed by atoms with Crippen molar-refractivity contribution in [1.82, 2.24) is 4.90 Å². The number of likely N-dealkylation sites (tertiary alicyclic amines) is 1. The minimum Gasteiger partial charge on any atom is -0.380 e. The Labute approximate surface area is 248 Å². The minimum absolute atomic E-state index is 0.168. The minimum atomic E-state index is -6.37. The van der Waals surface area contributed by atoms with Crippen LogP contribution in [0.3, 0.4) is 0 Å². The topological polar surface area (TPSA) is 109 Å². The molecule has 2 saturated heterocycles. The van der Waals surface area contributed by atoms with Gasteiger partial charge in [0.2, 0.25) is 0 Å². The summed E-state index contributed by atoms with van der Waals surface area (Å²) in [5.74, 6) is -1.86. The molecule has 2 atom stereocenters. The van der Waals surface area contributed by atoms with Crippen molar-refractivity contribution < 1.29 is 57.5 Å². The predicted octanol–water partition coefficient (Wildman–Crippen LogP) is 4.44. The van der Waals surface area contributed by atoms with Gasteiger partial charge >= 0.3 is 18.0 Å². The number of fused-ring (bicyclic) bond motifs is 3. The first kappa shape index (κ1) is 32.7. The lowest BCUT2D eigenvalue weighted by molar-refractivity contribution is -0.348. The zero-order valence-electron chi connectivity index (χ0n) is 23.2. The normalized spacial score (nSPS) is 25.3. The smallest absolute Gasteiger partial charge is 0.380 e. The van der Waals surface area contributed by atoms with Gasteiger partial charge in [-0.15, -0.1) is 0 Å². The number of halogens is 7. The van der Waals surface area contributed by atoms with Crippen molar-refractivity contribution in [3.05, 3.63) is 64.7 Å². The molecule has 1 amide bonds. The predicted molar refractivity (Wildman–Crippen MR) is 143 cm³/mol. The van der Waals surface area contributed by atoms with E-state index in [2.05, 4.69) is 0 Å². The fraction of sp³-hybridized carbons (Fsp3) is 0.536. The highest BCUT2D eigenvalue weighted by atomic mass is 32.2. The molecule has 2 aromatic carbocycles. The number of alkyl halides is 7. The van der Waals surface area contributed by atoms with Gasteiger partial charge in [-0.25, -0.2) is 21.2 Å². The van der Waals surface area contributed by atoms with Crippen molar-refractivity contribution in [2.75, 3.05) is 18.1 Å². The van der Waals surface area contributed by atoms with Crippen LogP contribution in [0, 0.1) is 6.92 Å². The van der Waals surface area contributed by atoms with Gasteiger partial charge in [0.25, 0.3) is 5.91 Å². The van der Waals surface area contributed by atoms with Gasteiger partial charge in [-0.1, -0.05) is 35.9 Å². The highest BCUT2D eigenvalue weighted by Gasteiger charge is 2.74. The molecule has 2 fully saturated rings. The van der Waals surface area contributed by atoms with Gasteiger partial charge in [-0.3, -0.25) is 4.79 Å². The number of carbonyl (C=O) groups excluding carboxylic acids is 1. The van der Waals surface area contributed by atoms with E-state index < -0.39 is 89.9 Å². The first-order chi connectivity index (χ1) is 20.1. The van der Waals surface area contributed by atoms with E-state index in [0.717, 1.165) is 11.0 Å². The van der Waals surface area contributed by atoms with Crippen molar-refractivity contribution >= 4 is 25.6 Å². The van der Waals surface area contributed by atoms with E-state index in [1.165, 1.54) is 24.3 Å². The van der Waals surface area contributed by atoms with Crippen LogP contribution in [0.1, 0.15) is 47.9 Å². The molecule has 2 aromatic rings. The first-order valence-electron chi connectivity index (χ1n) is 13.6. The summed E-state index contributed by atoms with van der Waals surface area (Å²) in [4.78, 5) is 14.7. The largest absolute Gasteiger partial charge is 0.435 e. The van der Waals surface area contributed by atoms with Gasteiger partial charge < -0.3 is 10.0 Å². The molecule has 0 bridgehead atoms. The summed E-state index contributed by atoms with van der Waals surface area (Å²) in [5.41, 5.74) is -9.31. The Morgan fingerprint density at radius 2 is 1.50 bits per heavy atom. The number of rotatable bonds is 4. The highest BCUT2D eigenvalue weighted by molar-refractivity contribution is 7.92. The number of amides is 1. The van der Waals surface area contributed by atoms with Crippen molar-refractivity contribution in [2.45, 2.75) is 78.3 Å². The van der Waals surface area contributed by atoms with E-state index in [1.54, 1.807) is 6.92 Å². The maximum Gasteiger partial charge on any atom is 0.435 e. The van der Waals surface area contributed by atoms with Gasteiger partial charge in [0.05, 0.1) is 22.4 Å². The number of aryl methyl sites for hydroxylation is 2. The molecule has 1 aliphatic carbocycles. The lowest BCUT2D eigenvalue weighted by Gasteiger charge is -2.44. The molecule has 0 aromatic heterocycles. The lowest BCUT2D eigenvalue weighted by Crippen LogP contribution is -2.58. The molecule has 242 valence electrons. The molecule has 1 N–H and O–H groups in total. The van der Waals surface area contributed by atoms with Gasteiger partial charge in [-0.2, -0.15) is 26.3 Å². The molecule has 5 rings (SSSR count). The monoisotopic (exact) mass is 671 g/mol. The number of carbonyl (C=O) groups is 1. The van der Waals surface area contributed by atoms with Gasteiger partial charge in [0.15, 0.2) is 19.7 Å². The standard InChI is InChI=1S/C28H28F7NO6S2/c1-17-2-6-20(7-3-17)44(41,42)25-10-13-36(23(37)24(38)11-14-43(39,40)15-12-24)22(25)9-4-18-16-19(5-8-21(18)25)26(29,27(30,31)32)28(33,34)35/h2-3,5-8,16,22,38H,4,9-15H2,1H3. The third-order valence-electron chi connectivity index (χ3n) is 9.19. The summed E-state index contributed by atoms with van der Waals surface area (Å²) in [6, 6.07) is 5.79. The van der Waals surface area contributed by atoms with E-state index in [-0.39, 0.29) is 47.9 Å². The van der Waals surface area contributed by atoms with Crippen LogP contribution in [0.25, 0.3) is 0 Å². The quantitative estimate of drug-likeness (QED) is 0.482. The molecule has 0 spiro atoms. The van der Waals surface area contributed by atoms with Gasteiger partial charge in [0.1, 0.15) is 10.3 Å². The number of benzene rings is 2. The first-order valence-corrected chi connectivity index (χ1v) is 16.9. The maximum absolute atomic E-state index is 15.0. The van der Waals surface area contributed by atoms with Crippen molar-refractivity contribution in [3.8, 4) is 0 Å². The van der Waals surface area contributed by atoms with E-state index >= 15 is 0 Å². The van der Waals surface area contributed by atoms with Gasteiger partial charge in [-0.05, 0) is 62.3 Å². The van der Waals surface area contributed by atoms with Crippen molar-refractivity contribution in [3.63, 3.8) is 0 Å². The number of hydrogen-bond acceptors (Lipinski definition) is 6. The third kappa shape index (κ3) is 4.73. The SMILES string of the molecule is Cc1ccc(S(=O)(=O)C23CCN(C(=O)C4(O)CCS(=O)(=O)CC4)C2CCc2cc(C(F)(C(F)(F)F)C(F)(F)F)ccc23)cc1. The number of hydrogen-bond donors (Lipinski definition) is 1. The molecule has 44 heavy (non-hydrogen) atoms. The van der Waals surface area contributed by atoms with Crippen LogP contribution in [0.5, 0.6) is 0 Å². The van der Waals surface area contributed by atoms with Crippen LogP contribution in [-0.4, -0.2) is 74.8 Å². The zero-order chi connectivity index (χ0) is 32.7. The Morgan fingerprint density at radius 1 is 0.932 bits per heavy atom. The van der Waals surface area contributed by atoms with Gasteiger partial charge in [0, 0.05) is 12.1 Å². The van der Waals surface area contributed by atoms with E-state index in [4.69, 9.17) is 0 Å². The molecule has 2 heterocycles. The number of sulfone groups is 2. The molecule has 2 unspecified atom stereocenters. The second-order valence-corrected chi connectivity index (χ2v) is 16.2. The number of aliphatic hydroxyl groups is 1. The summed E-state index contributed by atoms with van der Waals surface area (Å²) in [5, 5.41) is 11.2. The van der Waals surface area contributed by atoms with E-state index in [0.29, 0.717) is 11.6 Å². The summed E-state index contributed by atoms with van der Waals surface area (Å²) in [6.45, 7) is 1.43. The summed E-state index contributed by atoms with van der Waals surface area (Å²) in [7, 11) is -8.04. The van der Waals surface area contributed by atoms with Crippen molar-refractivity contribution in [2.24, 2.45) is 0 Å². The molecular formula is C28H28F7NO6S2. The van der Waals surface area contributed by atoms with Crippen molar-refractivity contribution in [1.29, 1.82) is 0 Å². The highest BCUT2D eigenvalue weighted by Crippen LogP contribution is 2.57. The molecule has 3 aliphatic rings. The fourth-order valence-electron chi connectivity index (χ4n) is 6.76. The Morgan fingerprint density at radius 3 is 2.05 bits per heavy atom. The molecule has 7 nitrogen and oxygen atoms in total. The average Bonchev–Trinajstić information content (AvgIpc) is 3.34. The lowest BCUT2D eigenvalue weighted by atomic mass is 9.76. The molecule has 2 aliphatic heterocycles. The van der Waals surface area contributed by atoms with E-state index in [9.17, 15) is 57.5 Å². The zero-order valence-corrected chi connectivity index (χ0v) is 24.8. The average molecular weight is 672 g/mol. The van der Waals surface area contributed by atoms with Crippen LogP contribution < -0.4 is 0 Å². The second-order valence-electron chi connectivity index (χ2n) is 11.7. The summed E-state index contributed by atoms with van der Waals surface area (Å²) in [6.07, 6.45) is -14.5. The van der Waals surface area contributed by atoms with Crippen LogP contribution in [0.4, 0.5) is 30.7 Å². The number of nitrogens with zero attached hydrogens (tertiary/aromatic N) is 1. The van der Waals surface area contributed by atoms with Crippen LogP contribution in [0.15, 0.2) is 47.4 Å². The van der Waals surface area contributed by atoms with Crippen LogP contribution >= 0.6 is 0 Å². The van der Waals surface area contributed by atoms with Crippen LogP contribution in [-0.2, 0) is 41.3 Å². The molecular weight excluding hydrogens is 643 g/mol. The van der Waals surface area contributed by atoms with E-state index in [1.807, 2.05) is 0 Å². The molecule has 16 heteroatoms.